The van der Waals surface area contributed by atoms with Gasteiger partial charge in [-0.15, -0.1) is 0 Å². The van der Waals surface area contributed by atoms with Gasteiger partial charge in [0.15, 0.2) is 0 Å². The number of hydrogen-bond donors (Lipinski definition) is 1. The van der Waals surface area contributed by atoms with Gasteiger partial charge in [0.25, 0.3) is 0 Å². The van der Waals surface area contributed by atoms with E-state index in [1.54, 1.807) is 0 Å². The summed E-state index contributed by atoms with van der Waals surface area (Å²) in [4.78, 5) is 0. The van der Waals surface area contributed by atoms with E-state index in [-0.39, 0.29) is 12.1 Å². The fraction of sp³-hybridized carbons (Fsp3) is 0.333. The highest BCUT2D eigenvalue weighted by Crippen LogP contribution is 2.22. The van der Waals surface area contributed by atoms with E-state index in [0.29, 0.717) is 0 Å². The average Bonchev–Trinajstić information content (AvgIpc) is 2.44. The van der Waals surface area contributed by atoms with Gasteiger partial charge in [-0.25, -0.2) is 0 Å². The Labute approximate surface area is 121 Å². The Hall–Kier alpha value is -1.80. The molecule has 2 atom stereocenters. The van der Waals surface area contributed by atoms with Crippen molar-refractivity contribution in [1.29, 1.82) is 0 Å². The fourth-order valence-electron chi connectivity index (χ4n) is 2.35. The molecule has 0 saturated carbocycles. The highest BCUT2D eigenvalue weighted by molar-refractivity contribution is 5.28. The zero-order chi connectivity index (χ0) is 14.5. The van der Waals surface area contributed by atoms with Crippen LogP contribution in [-0.2, 0) is 0 Å². The maximum atomic E-state index is 6.04. The van der Waals surface area contributed by atoms with Crippen LogP contribution in [0.1, 0.15) is 29.7 Å². The van der Waals surface area contributed by atoms with Gasteiger partial charge in [0.1, 0.15) is 11.9 Å². The van der Waals surface area contributed by atoms with Gasteiger partial charge in [0.05, 0.1) is 6.04 Å². The predicted octanol–water partition coefficient (Wildman–Crippen LogP) is 4.03. The molecular formula is C18H23NO. The van der Waals surface area contributed by atoms with Crippen LogP contribution in [0.15, 0.2) is 48.5 Å². The van der Waals surface area contributed by atoms with Crippen molar-refractivity contribution in [3.05, 3.63) is 65.2 Å². The lowest BCUT2D eigenvalue weighted by atomic mass is 10.0. The first-order valence-electron chi connectivity index (χ1n) is 7.07. The molecule has 0 spiro atoms. The summed E-state index contributed by atoms with van der Waals surface area (Å²) in [5.41, 5.74) is 3.77. The van der Waals surface area contributed by atoms with Crippen molar-refractivity contribution < 1.29 is 4.74 Å². The molecule has 20 heavy (non-hydrogen) atoms. The third-order valence-corrected chi connectivity index (χ3v) is 3.56. The zero-order valence-electron chi connectivity index (χ0n) is 12.7. The maximum absolute atomic E-state index is 6.04. The maximum Gasteiger partial charge on any atom is 0.119 e. The van der Waals surface area contributed by atoms with Crippen molar-refractivity contribution >= 4 is 0 Å². The van der Waals surface area contributed by atoms with Crippen LogP contribution in [0.3, 0.4) is 0 Å². The van der Waals surface area contributed by atoms with Crippen molar-refractivity contribution in [1.82, 2.24) is 5.32 Å². The van der Waals surface area contributed by atoms with Crippen LogP contribution in [0.25, 0.3) is 0 Å². The number of rotatable bonds is 5. The summed E-state index contributed by atoms with van der Waals surface area (Å²) in [5.74, 6) is 0.912. The molecule has 0 heterocycles. The minimum Gasteiger partial charge on any atom is -0.489 e. The third-order valence-electron chi connectivity index (χ3n) is 3.56. The summed E-state index contributed by atoms with van der Waals surface area (Å²) in [5, 5.41) is 3.34. The summed E-state index contributed by atoms with van der Waals surface area (Å²) < 4.78 is 6.04. The molecule has 0 saturated heterocycles. The number of ether oxygens (including phenoxy) is 1. The quantitative estimate of drug-likeness (QED) is 0.884. The van der Waals surface area contributed by atoms with Crippen molar-refractivity contribution in [2.75, 3.05) is 7.05 Å². The van der Waals surface area contributed by atoms with Gasteiger partial charge in [-0.2, -0.15) is 0 Å². The second kappa shape index (κ2) is 6.58. The molecule has 0 aliphatic rings. The first-order valence-corrected chi connectivity index (χ1v) is 7.07. The highest BCUT2D eigenvalue weighted by Gasteiger charge is 2.18. The Morgan fingerprint density at radius 3 is 1.85 bits per heavy atom. The molecule has 106 valence electrons. The standard InChI is InChI=1S/C18H23NO/c1-13-5-9-16(10-6-13)18(19-4)15(3)20-17-11-7-14(2)8-12-17/h5-12,15,18-19H,1-4H3. The second-order valence-electron chi connectivity index (χ2n) is 5.31. The Balaban J connectivity index is 2.10. The van der Waals surface area contributed by atoms with Crippen LogP contribution in [0.5, 0.6) is 5.75 Å². The van der Waals surface area contributed by atoms with Crippen molar-refractivity contribution in [3.63, 3.8) is 0 Å². The molecule has 0 aromatic heterocycles. The molecule has 0 aliphatic heterocycles. The molecule has 0 fully saturated rings. The lowest BCUT2D eigenvalue weighted by molar-refractivity contribution is 0.175. The van der Waals surface area contributed by atoms with E-state index in [0.717, 1.165) is 5.75 Å². The highest BCUT2D eigenvalue weighted by atomic mass is 16.5. The van der Waals surface area contributed by atoms with E-state index in [2.05, 4.69) is 62.5 Å². The van der Waals surface area contributed by atoms with E-state index in [1.165, 1.54) is 16.7 Å². The molecule has 2 unspecified atom stereocenters. The molecule has 2 aromatic rings. The molecule has 2 rings (SSSR count). The Morgan fingerprint density at radius 2 is 1.35 bits per heavy atom. The minimum atomic E-state index is 0.0606. The topological polar surface area (TPSA) is 21.3 Å². The summed E-state index contributed by atoms with van der Waals surface area (Å²) in [6, 6.07) is 17.0. The Kier molecular flexibility index (Phi) is 4.80. The SMILES string of the molecule is CNC(c1ccc(C)cc1)C(C)Oc1ccc(C)cc1. The molecule has 0 radical (unpaired) electrons. The number of aryl methyl sites for hydroxylation is 2. The summed E-state index contributed by atoms with van der Waals surface area (Å²) in [7, 11) is 1.97. The predicted molar refractivity (Wildman–Crippen MR) is 84.2 cm³/mol. The molecule has 1 N–H and O–H groups in total. The van der Waals surface area contributed by atoms with Gasteiger partial charge < -0.3 is 10.1 Å². The van der Waals surface area contributed by atoms with Gasteiger partial charge >= 0.3 is 0 Å². The van der Waals surface area contributed by atoms with Crippen molar-refractivity contribution in [2.45, 2.75) is 32.9 Å². The number of benzene rings is 2. The second-order valence-corrected chi connectivity index (χ2v) is 5.31. The monoisotopic (exact) mass is 269 g/mol. The van der Waals surface area contributed by atoms with E-state index in [4.69, 9.17) is 4.74 Å². The number of hydrogen-bond acceptors (Lipinski definition) is 2. The first kappa shape index (κ1) is 14.6. The first-order chi connectivity index (χ1) is 9.60. The van der Waals surface area contributed by atoms with E-state index >= 15 is 0 Å². The van der Waals surface area contributed by atoms with Crippen LogP contribution in [0.4, 0.5) is 0 Å². The fourth-order valence-corrected chi connectivity index (χ4v) is 2.35. The molecule has 2 nitrogen and oxygen atoms in total. The molecule has 2 aromatic carbocycles. The largest absolute Gasteiger partial charge is 0.489 e. The molecular weight excluding hydrogens is 246 g/mol. The Morgan fingerprint density at radius 1 is 0.850 bits per heavy atom. The molecule has 2 heteroatoms. The van der Waals surface area contributed by atoms with Crippen LogP contribution in [-0.4, -0.2) is 13.2 Å². The van der Waals surface area contributed by atoms with E-state index < -0.39 is 0 Å². The zero-order valence-corrected chi connectivity index (χ0v) is 12.7. The smallest absolute Gasteiger partial charge is 0.119 e. The summed E-state index contributed by atoms with van der Waals surface area (Å²) in [6.07, 6.45) is 0.0606. The summed E-state index contributed by atoms with van der Waals surface area (Å²) in [6.45, 7) is 6.28. The minimum absolute atomic E-state index is 0.0606. The lowest BCUT2D eigenvalue weighted by Gasteiger charge is -2.25. The summed E-state index contributed by atoms with van der Waals surface area (Å²) >= 11 is 0. The Bertz CT molecular complexity index is 530. The number of nitrogens with one attached hydrogen (secondary N) is 1. The average molecular weight is 269 g/mol. The van der Waals surface area contributed by atoms with Gasteiger partial charge in [-0.3, -0.25) is 0 Å². The van der Waals surface area contributed by atoms with E-state index in [9.17, 15) is 0 Å². The van der Waals surface area contributed by atoms with Crippen LogP contribution >= 0.6 is 0 Å². The third kappa shape index (κ3) is 3.61. The van der Waals surface area contributed by atoms with Gasteiger partial charge in [-0.05, 0) is 45.5 Å². The van der Waals surface area contributed by atoms with E-state index in [1.807, 2.05) is 19.2 Å². The van der Waals surface area contributed by atoms with Crippen LogP contribution < -0.4 is 10.1 Å². The number of likely N-dealkylation sites (N-methyl/N-ethyl adjacent to an activating group) is 1. The van der Waals surface area contributed by atoms with Gasteiger partial charge in [0.2, 0.25) is 0 Å². The molecule has 0 amide bonds. The lowest BCUT2D eigenvalue weighted by Crippen LogP contribution is -2.31. The molecule has 0 aliphatic carbocycles. The molecule has 0 bridgehead atoms. The van der Waals surface area contributed by atoms with Crippen molar-refractivity contribution in [2.24, 2.45) is 0 Å². The van der Waals surface area contributed by atoms with Crippen LogP contribution in [0.2, 0.25) is 0 Å². The van der Waals surface area contributed by atoms with Gasteiger partial charge in [0, 0.05) is 0 Å². The normalized spacial score (nSPS) is 13.8. The van der Waals surface area contributed by atoms with Crippen LogP contribution in [0, 0.1) is 13.8 Å². The van der Waals surface area contributed by atoms with Gasteiger partial charge in [-0.1, -0.05) is 47.5 Å². The van der Waals surface area contributed by atoms with Crippen molar-refractivity contribution in [3.8, 4) is 5.75 Å².